The predicted molar refractivity (Wildman–Crippen MR) is 74.9 cm³/mol. The molecule has 1 aromatic rings. The number of benzene rings is 1. The van der Waals surface area contributed by atoms with E-state index in [0.29, 0.717) is 13.0 Å². The van der Waals surface area contributed by atoms with Crippen molar-refractivity contribution < 1.29 is 30.0 Å². The lowest BCUT2D eigenvalue weighted by atomic mass is 9.83. The minimum absolute atomic E-state index is 0.00519. The van der Waals surface area contributed by atoms with Crippen LogP contribution in [0.1, 0.15) is 30.5 Å². The Labute approximate surface area is 127 Å². The summed E-state index contributed by atoms with van der Waals surface area (Å²) in [6.45, 7) is 3.40. The SMILES string of the molecule is CC1CN2CCc3cc(O)c(OC(O)(O)O)cc3C2CC1=O. The minimum Gasteiger partial charge on any atom is -0.504 e. The maximum absolute atomic E-state index is 12.0. The molecular formula is C15H19NO6. The molecule has 0 radical (unpaired) electrons. The van der Waals surface area contributed by atoms with Crippen molar-refractivity contribution in [3.8, 4) is 11.5 Å². The highest BCUT2D eigenvalue weighted by molar-refractivity contribution is 5.82. The maximum Gasteiger partial charge on any atom is 0.453 e. The van der Waals surface area contributed by atoms with Crippen LogP contribution in [-0.2, 0) is 11.2 Å². The summed E-state index contributed by atoms with van der Waals surface area (Å²) in [7, 11) is 0. The van der Waals surface area contributed by atoms with Gasteiger partial charge in [0.25, 0.3) is 0 Å². The third kappa shape index (κ3) is 2.80. The summed E-state index contributed by atoms with van der Waals surface area (Å²) >= 11 is 0. The van der Waals surface area contributed by atoms with Gasteiger partial charge in [-0.05, 0) is 29.7 Å². The number of ketones is 1. The zero-order chi connectivity index (χ0) is 16.1. The molecule has 0 amide bonds. The molecule has 1 fully saturated rings. The highest BCUT2D eigenvalue weighted by atomic mass is 16.9. The first-order valence-electron chi connectivity index (χ1n) is 7.23. The van der Waals surface area contributed by atoms with Crippen molar-refractivity contribution in [3.05, 3.63) is 23.3 Å². The first-order valence-corrected chi connectivity index (χ1v) is 7.23. The second kappa shape index (κ2) is 5.20. The van der Waals surface area contributed by atoms with E-state index in [4.69, 9.17) is 15.3 Å². The Bertz CT molecular complexity index is 609. The third-order valence-corrected chi connectivity index (χ3v) is 4.39. The quantitative estimate of drug-likeness (QED) is 0.563. The monoisotopic (exact) mass is 309 g/mol. The highest BCUT2D eigenvalue weighted by Crippen LogP contribution is 2.41. The topological polar surface area (TPSA) is 110 Å². The normalized spacial score (nSPS) is 25.5. The number of aliphatic hydroxyl groups is 3. The Hall–Kier alpha value is -1.67. The van der Waals surface area contributed by atoms with Crippen molar-refractivity contribution in [1.82, 2.24) is 4.90 Å². The molecule has 0 saturated carbocycles. The lowest BCUT2D eigenvalue weighted by Crippen LogP contribution is -2.45. The summed E-state index contributed by atoms with van der Waals surface area (Å²) in [4.78, 5) is 14.2. The molecule has 0 aliphatic carbocycles. The molecule has 7 nitrogen and oxygen atoms in total. The van der Waals surface area contributed by atoms with Gasteiger partial charge >= 0.3 is 6.16 Å². The minimum atomic E-state index is -3.36. The standard InChI is InChI=1S/C15H19NO6/c1-8-7-16-3-2-9-4-13(18)14(22-15(19,20)21)5-10(9)11(16)6-12(8)17/h4-5,8,11,18-21H,2-3,6-7H2,1H3. The fourth-order valence-electron chi connectivity index (χ4n) is 3.30. The van der Waals surface area contributed by atoms with Crippen LogP contribution in [0.5, 0.6) is 11.5 Å². The molecule has 2 unspecified atom stereocenters. The zero-order valence-electron chi connectivity index (χ0n) is 12.2. The number of nitrogens with zero attached hydrogens (tertiary/aromatic N) is 1. The summed E-state index contributed by atoms with van der Waals surface area (Å²) in [5.74, 6) is -0.334. The molecular weight excluding hydrogens is 290 g/mol. The zero-order valence-corrected chi connectivity index (χ0v) is 12.2. The first-order chi connectivity index (χ1) is 10.2. The Morgan fingerprint density at radius 3 is 2.73 bits per heavy atom. The van der Waals surface area contributed by atoms with E-state index in [1.54, 1.807) is 0 Å². The predicted octanol–water partition coefficient (Wildman–Crippen LogP) is -0.133. The first kappa shape index (κ1) is 15.2. The van der Waals surface area contributed by atoms with Crippen LogP contribution in [0.15, 0.2) is 12.1 Å². The van der Waals surface area contributed by atoms with E-state index in [2.05, 4.69) is 9.64 Å². The van der Waals surface area contributed by atoms with Crippen molar-refractivity contribution in [3.63, 3.8) is 0 Å². The van der Waals surface area contributed by atoms with E-state index in [0.717, 1.165) is 24.1 Å². The molecule has 2 aliphatic rings. The van der Waals surface area contributed by atoms with E-state index in [-0.39, 0.29) is 29.2 Å². The van der Waals surface area contributed by atoms with Gasteiger partial charge in [0, 0.05) is 31.5 Å². The number of piperidine rings is 1. The molecule has 0 spiro atoms. The molecule has 1 aromatic carbocycles. The van der Waals surface area contributed by atoms with Crippen LogP contribution in [0.25, 0.3) is 0 Å². The summed E-state index contributed by atoms with van der Waals surface area (Å²) < 4.78 is 4.54. The third-order valence-electron chi connectivity index (χ3n) is 4.39. The molecule has 2 atom stereocenters. The molecule has 3 rings (SSSR count). The number of phenolic OH excluding ortho intramolecular Hbond substituents is 1. The second-order valence-electron chi connectivity index (χ2n) is 6.03. The van der Waals surface area contributed by atoms with Crippen LogP contribution in [0.2, 0.25) is 0 Å². The number of carbonyl (C=O) groups excluding carboxylic acids is 1. The summed E-state index contributed by atoms with van der Waals surface area (Å²) in [5.41, 5.74) is 1.71. The average Bonchev–Trinajstić information content (AvgIpc) is 2.40. The van der Waals surface area contributed by atoms with Crippen molar-refractivity contribution in [2.75, 3.05) is 13.1 Å². The second-order valence-corrected chi connectivity index (χ2v) is 6.03. The van der Waals surface area contributed by atoms with Gasteiger partial charge in [-0.1, -0.05) is 6.92 Å². The highest BCUT2D eigenvalue weighted by Gasteiger charge is 2.37. The largest absolute Gasteiger partial charge is 0.504 e. The Morgan fingerprint density at radius 2 is 2.05 bits per heavy atom. The smallest absolute Gasteiger partial charge is 0.453 e. The molecule has 120 valence electrons. The fraction of sp³-hybridized carbons (Fsp3) is 0.533. The van der Waals surface area contributed by atoms with E-state index >= 15 is 0 Å². The Kier molecular flexibility index (Phi) is 3.60. The number of fused-ring (bicyclic) bond motifs is 3. The fourth-order valence-corrected chi connectivity index (χ4v) is 3.30. The molecule has 22 heavy (non-hydrogen) atoms. The van der Waals surface area contributed by atoms with Crippen LogP contribution in [0.4, 0.5) is 0 Å². The van der Waals surface area contributed by atoms with Crippen LogP contribution < -0.4 is 4.74 Å². The van der Waals surface area contributed by atoms with Gasteiger partial charge < -0.3 is 25.2 Å². The number of carbonyl (C=O) groups is 1. The molecule has 0 bridgehead atoms. The van der Waals surface area contributed by atoms with Gasteiger partial charge in [0.15, 0.2) is 11.5 Å². The summed E-state index contributed by atoms with van der Waals surface area (Å²) in [5, 5.41) is 36.6. The van der Waals surface area contributed by atoms with Gasteiger partial charge in [0.2, 0.25) is 0 Å². The van der Waals surface area contributed by atoms with Gasteiger partial charge in [0.1, 0.15) is 5.78 Å². The van der Waals surface area contributed by atoms with Crippen molar-refractivity contribution in [1.29, 1.82) is 0 Å². The van der Waals surface area contributed by atoms with E-state index in [1.165, 1.54) is 12.1 Å². The molecule has 7 heteroatoms. The lowest BCUT2D eigenvalue weighted by molar-refractivity contribution is -0.419. The number of Topliss-reactive ketones (excluding diaryl/α,β-unsaturated/α-hetero) is 1. The molecule has 1 saturated heterocycles. The maximum atomic E-state index is 12.0. The van der Waals surface area contributed by atoms with Gasteiger partial charge in [-0.3, -0.25) is 9.69 Å². The van der Waals surface area contributed by atoms with E-state index < -0.39 is 6.16 Å². The van der Waals surface area contributed by atoms with Gasteiger partial charge in [0.05, 0.1) is 0 Å². The number of hydrogen-bond acceptors (Lipinski definition) is 7. The molecule has 0 aromatic heterocycles. The number of rotatable bonds is 2. The summed E-state index contributed by atoms with van der Waals surface area (Å²) in [6.07, 6.45) is -2.26. The lowest BCUT2D eigenvalue weighted by Gasteiger charge is -2.42. The van der Waals surface area contributed by atoms with Crippen LogP contribution >= 0.6 is 0 Å². The van der Waals surface area contributed by atoms with E-state index in [9.17, 15) is 9.90 Å². The Morgan fingerprint density at radius 1 is 1.32 bits per heavy atom. The van der Waals surface area contributed by atoms with Crippen LogP contribution in [0, 0.1) is 5.92 Å². The van der Waals surface area contributed by atoms with Crippen molar-refractivity contribution in [2.45, 2.75) is 32.0 Å². The molecule has 4 N–H and O–H groups in total. The number of hydrogen-bond donors (Lipinski definition) is 4. The van der Waals surface area contributed by atoms with Crippen molar-refractivity contribution >= 4 is 5.78 Å². The molecule has 2 aliphatic heterocycles. The average molecular weight is 309 g/mol. The van der Waals surface area contributed by atoms with E-state index in [1.807, 2.05) is 6.92 Å². The van der Waals surface area contributed by atoms with Crippen LogP contribution in [-0.4, -0.2) is 50.4 Å². The summed E-state index contributed by atoms with van der Waals surface area (Å²) in [6, 6.07) is 2.83. The number of ether oxygens (including phenoxy) is 1. The number of aromatic hydroxyl groups is 1. The molecule has 2 heterocycles. The number of phenols is 1. The Balaban J connectivity index is 1.97. The van der Waals surface area contributed by atoms with Crippen LogP contribution in [0.3, 0.4) is 0 Å². The van der Waals surface area contributed by atoms with Gasteiger partial charge in [-0.25, -0.2) is 0 Å². The van der Waals surface area contributed by atoms with Crippen molar-refractivity contribution in [2.24, 2.45) is 5.92 Å². The van der Waals surface area contributed by atoms with Gasteiger partial charge in [-0.15, -0.1) is 0 Å². The van der Waals surface area contributed by atoms with Gasteiger partial charge in [-0.2, -0.15) is 0 Å².